The van der Waals surface area contributed by atoms with Crippen LogP contribution in [0.5, 0.6) is 0 Å². The standard InChI is InChI=1S/C24H23FN6O4/c1-11-3-4-14(7-15(11)25)27-22(33)20-12(2)19(17-6-13-5-16(13)31(17)20)21(32)23(34)28-24(9-35-10-24)18-8-26-30-29-18/h3-4,7-8,13,16H,5-6,9-10H2,1-2H3,(H,27,33)(H,28,34)(H,26,29,30)/t13-,16-/m1/s1. The molecule has 0 unspecified atom stereocenters. The largest absolute Gasteiger partial charge is 0.376 e. The summed E-state index contributed by atoms with van der Waals surface area (Å²) in [4.78, 5) is 39.8. The first-order chi connectivity index (χ1) is 16.8. The van der Waals surface area contributed by atoms with Gasteiger partial charge >= 0.3 is 0 Å². The van der Waals surface area contributed by atoms with Crippen molar-refractivity contribution in [3.05, 3.63) is 64.0 Å². The molecule has 3 N–H and O–H groups in total. The van der Waals surface area contributed by atoms with E-state index in [4.69, 9.17) is 4.74 Å². The summed E-state index contributed by atoms with van der Waals surface area (Å²) < 4.78 is 21.2. The maximum atomic E-state index is 14.0. The lowest BCUT2D eigenvalue weighted by atomic mass is 9.92. The summed E-state index contributed by atoms with van der Waals surface area (Å²) in [5.74, 6) is -2.00. The minimum absolute atomic E-state index is 0.130. The number of fused-ring (bicyclic) bond motifs is 3. The fourth-order valence-corrected chi connectivity index (χ4v) is 5.21. The number of carbonyl (C=O) groups excluding carboxylic acids is 3. The first-order valence-corrected chi connectivity index (χ1v) is 11.4. The normalized spacial score (nSPS) is 21.0. The number of ketones is 1. The van der Waals surface area contributed by atoms with Crippen molar-refractivity contribution >= 4 is 23.3 Å². The summed E-state index contributed by atoms with van der Waals surface area (Å²) in [5.41, 5.74) is 2.09. The quantitative estimate of drug-likeness (QED) is 0.367. The third-order valence-corrected chi connectivity index (χ3v) is 7.26. The van der Waals surface area contributed by atoms with Crippen LogP contribution in [0.1, 0.15) is 55.8 Å². The molecule has 2 atom stereocenters. The Bertz CT molecular complexity index is 1390. The van der Waals surface area contributed by atoms with Gasteiger partial charge in [-0.05, 0) is 55.9 Å². The number of nitrogens with one attached hydrogen (secondary N) is 3. The van der Waals surface area contributed by atoms with E-state index in [1.165, 1.54) is 6.07 Å². The van der Waals surface area contributed by atoms with Gasteiger partial charge in [0.2, 0.25) is 0 Å². The number of carbonyl (C=O) groups is 3. The predicted octanol–water partition coefficient (Wildman–Crippen LogP) is 1.96. The maximum Gasteiger partial charge on any atom is 0.293 e. The smallest absolute Gasteiger partial charge is 0.293 e. The first-order valence-electron chi connectivity index (χ1n) is 11.4. The van der Waals surface area contributed by atoms with Crippen LogP contribution in [0.4, 0.5) is 10.1 Å². The van der Waals surface area contributed by atoms with Crippen LogP contribution in [0.3, 0.4) is 0 Å². The number of halogens is 1. The highest BCUT2D eigenvalue weighted by molar-refractivity contribution is 6.44. The fraction of sp³-hybridized carbons (Fsp3) is 0.375. The van der Waals surface area contributed by atoms with Crippen molar-refractivity contribution in [2.75, 3.05) is 18.5 Å². The topological polar surface area (TPSA) is 131 Å². The van der Waals surface area contributed by atoms with Crippen molar-refractivity contribution in [2.45, 2.75) is 38.3 Å². The highest BCUT2D eigenvalue weighted by Crippen LogP contribution is 2.54. The number of aryl methyl sites for hydroxylation is 1. The molecule has 1 aromatic carbocycles. The molecule has 2 aliphatic heterocycles. The van der Waals surface area contributed by atoms with E-state index in [9.17, 15) is 18.8 Å². The Hall–Kier alpha value is -3.86. The van der Waals surface area contributed by atoms with E-state index in [-0.39, 0.29) is 24.8 Å². The highest BCUT2D eigenvalue weighted by Gasteiger charge is 2.51. The molecule has 2 aromatic heterocycles. The van der Waals surface area contributed by atoms with E-state index in [0.29, 0.717) is 46.2 Å². The molecule has 1 aliphatic carbocycles. The number of Topliss-reactive ketones (excluding diaryl/α,β-unsaturated/α-hetero) is 1. The Labute approximate surface area is 199 Å². The van der Waals surface area contributed by atoms with Crippen molar-refractivity contribution in [1.82, 2.24) is 25.3 Å². The van der Waals surface area contributed by atoms with Gasteiger partial charge in [-0.3, -0.25) is 19.5 Å². The van der Waals surface area contributed by atoms with E-state index < -0.39 is 29.0 Å². The number of hydrogen-bond donors (Lipinski definition) is 3. The zero-order valence-electron chi connectivity index (χ0n) is 19.1. The number of aromatic amines is 1. The lowest BCUT2D eigenvalue weighted by Gasteiger charge is -2.39. The minimum atomic E-state index is -0.922. The van der Waals surface area contributed by atoms with Crippen molar-refractivity contribution in [3.63, 3.8) is 0 Å². The number of aromatic nitrogens is 4. The Morgan fingerprint density at radius 1 is 1.26 bits per heavy atom. The van der Waals surface area contributed by atoms with E-state index in [1.54, 1.807) is 32.2 Å². The Balaban J connectivity index is 1.31. The summed E-state index contributed by atoms with van der Waals surface area (Å²) in [5, 5.41) is 15.8. The fourth-order valence-electron chi connectivity index (χ4n) is 5.21. The van der Waals surface area contributed by atoms with Gasteiger partial charge < -0.3 is 19.9 Å². The van der Waals surface area contributed by atoms with Crippen molar-refractivity contribution < 1.29 is 23.5 Å². The lowest BCUT2D eigenvalue weighted by Crippen LogP contribution is -2.60. The van der Waals surface area contributed by atoms with E-state index >= 15 is 0 Å². The summed E-state index contributed by atoms with van der Waals surface area (Å²) in [6, 6.07) is 4.61. The van der Waals surface area contributed by atoms with E-state index in [2.05, 4.69) is 26.0 Å². The maximum absolute atomic E-state index is 14.0. The molecule has 35 heavy (non-hydrogen) atoms. The molecule has 2 fully saturated rings. The Morgan fingerprint density at radius 3 is 2.71 bits per heavy atom. The zero-order valence-corrected chi connectivity index (χ0v) is 19.1. The number of ether oxygens (including phenoxy) is 1. The SMILES string of the molecule is Cc1ccc(NC(=O)c2c(C)c(C(=O)C(=O)NC3(c4c[nH]nn4)COC3)c3n2[C@@H]2C[C@@H]2C3)cc1F. The van der Waals surface area contributed by atoms with Crippen molar-refractivity contribution in [3.8, 4) is 0 Å². The first kappa shape index (κ1) is 21.7. The van der Waals surface area contributed by atoms with Crippen LogP contribution in [-0.4, -0.2) is 50.8 Å². The lowest BCUT2D eigenvalue weighted by molar-refractivity contribution is -0.130. The molecule has 180 valence electrons. The summed E-state index contributed by atoms with van der Waals surface area (Å²) in [6.07, 6.45) is 3.11. The molecule has 1 saturated heterocycles. The van der Waals surface area contributed by atoms with Gasteiger partial charge in [0, 0.05) is 23.6 Å². The van der Waals surface area contributed by atoms with Gasteiger partial charge in [-0.1, -0.05) is 11.3 Å². The number of nitrogens with zero attached hydrogens (tertiary/aromatic N) is 3. The second-order valence-corrected chi connectivity index (χ2v) is 9.57. The molecule has 0 bridgehead atoms. The summed E-state index contributed by atoms with van der Waals surface area (Å²) in [6.45, 7) is 3.67. The third-order valence-electron chi connectivity index (χ3n) is 7.26. The average molecular weight is 478 g/mol. The van der Waals surface area contributed by atoms with Gasteiger partial charge in [-0.2, -0.15) is 0 Å². The molecular formula is C24H23FN6O4. The van der Waals surface area contributed by atoms with Crippen LogP contribution in [0.2, 0.25) is 0 Å². The molecule has 2 amide bonds. The number of amides is 2. The van der Waals surface area contributed by atoms with Crippen LogP contribution >= 0.6 is 0 Å². The third kappa shape index (κ3) is 3.29. The molecule has 4 heterocycles. The molecule has 0 radical (unpaired) electrons. The van der Waals surface area contributed by atoms with Gasteiger partial charge in [-0.15, -0.1) is 5.10 Å². The average Bonchev–Trinajstić information content (AvgIpc) is 3.12. The molecular weight excluding hydrogens is 455 g/mol. The second-order valence-electron chi connectivity index (χ2n) is 9.57. The van der Waals surface area contributed by atoms with Gasteiger partial charge in [0.25, 0.3) is 17.6 Å². The molecule has 0 spiro atoms. The van der Waals surface area contributed by atoms with E-state index in [1.807, 2.05) is 4.57 Å². The highest BCUT2D eigenvalue weighted by atomic mass is 19.1. The van der Waals surface area contributed by atoms with E-state index in [0.717, 1.165) is 6.42 Å². The van der Waals surface area contributed by atoms with Crippen LogP contribution in [0, 0.1) is 25.6 Å². The Kier molecular flexibility index (Phi) is 4.69. The minimum Gasteiger partial charge on any atom is -0.376 e. The second kappa shape index (κ2) is 7.57. The monoisotopic (exact) mass is 478 g/mol. The van der Waals surface area contributed by atoms with Crippen LogP contribution in [-0.2, 0) is 21.5 Å². The summed E-state index contributed by atoms with van der Waals surface area (Å²) in [7, 11) is 0. The van der Waals surface area contributed by atoms with Gasteiger partial charge in [0.05, 0.1) is 18.8 Å². The number of anilines is 1. The molecule has 11 heteroatoms. The van der Waals surface area contributed by atoms with Crippen LogP contribution < -0.4 is 10.6 Å². The number of benzene rings is 1. The Morgan fingerprint density at radius 2 is 2.06 bits per heavy atom. The molecule has 3 aromatic rings. The number of rotatable bonds is 6. The van der Waals surface area contributed by atoms with Gasteiger partial charge in [0.1, 0.15) is 22.7 Å². The van der Waals surface area contributed by atoms with Crippen LogP contribution in [0.25, 0.3) is 0 Å². The van der Waals surface area contributed by atoms with Crippen LogP contribution in [0.15, 0.2) is 24.4 Å². The number of H-pyrrole nitrogens is 1. The predicted molar refractivity (Wildman–Crippen MR) is 120 cm³/mol. The molecule has 10 nitrogen and oxygen atoms in total. The van der Waals surface area contributed by atoms with Crippen molar-refractivity contribution in [1.29, 1.82) is 0 Å². The number of hydrogen-bond acceptors (Lipinski definition) is 6. The molecule has 3 aliphatic rings. The summed E-state index contributed by atoms with van der Waals surface area (Å²) >= 11 is 0. The van der Waals surface area contributed by atoms with Gasteiger partial charge in [0.15, 0.2) is 0 Å². The van der Waals surface area contributed by atoms with Crippen molar-refractivity contribution in [2.24, 2.45) is 5.92 Å². The van der Waals surface area contributed by atoms with Gasteiger partial charge in [-0.25, -0.2) is 4.39 Å². The zero-order chi connectivity index (χ0) is 24.5. The molecule has 6 rings (SSSR count). The molecule has 1 saturated carbocycles.